The van der Waals surface area contributed by atoms with Crippen LogP contribution in [0.2, 0.25) is 5.02 Å². The summed E-state index contributed by atoms with van der Waals surface area (Å²) >= 11 is 6.44. The van der Waals surface area contributed by atoms with E-state index in [1.165, 1.54) is 11.0 Å². The summed E-state index contributed by atoms with van der Waals surface area (Å²) < 4.78 is 34.2. The number of amides is 1. The van der Waals surface area contributed by atoms with Crippen LogP contribution in [0.3, 0.4) is 0 Å². The maximum absolute atomic E-state index is 14.4. The summed E-state index contributed by atoms with van der Waals surface area (Å²) in [5.41, 5.74) is 2.54. The first-order valence-corrected chi connectivity index (χ1v) is 13.9. The van der Waals surface area contributed by atoms with Crippen molar-refractivity contribution in [3.63, 3.8) is 0 Å². The van der Waals surface area contributed by atoms with Crippen molar-refractivity contribution in [2.45, 2.75) is 31.5 Å². The second-order valence-electron chi connectivity index (χ2n) is 10.4. The highest BCUT2D eigenvalue weighted by molar-refractivity contribution is 6.36. The summed E-state index contributed by atoms with van der Waals surface area (Å²) in [5.74, 6) is -1.62. The van der Waals surface area contributed by atoms with Gasteiger partial charge in [0, 0.05) is 55.9 Å². The number of carbonyl (C=O) groups excluding carboxylic acids is 1. The number of halogens is 3. The van der Waals surface area contributed by atoms with Gasteiger partial charge in [0.05, 0.1) is 35.8 Å². The van der Waals surface area contributed by atoms with Gasteiger partial charge >= 0.3 is 6.01 Å². The molecule has 0 spiro atoms. The highest BCUT2D eigenvalue weighted by atomic mass is 35.5. The summed E-state index contributed by atoms with van der Waals surface area (Å²) in [6.45, 7) is 6.51. The van der Waals surface area contributed by atoms with Crippen LogP contribution in [0.1, 0.15) is 17.7 Å². The minimum Gasteiger partial charge on any atom is -0.457 e. The molecular weight excluding hydrogens is 552 g/mol. The predicted molar refractivity (Wildman–Crippen MR) is 151 cm³/mol. The molecule has 0 bridgehead atoms. The molecule has 212 valence electrons. The molecule has 0 unspecified atom stereocenters. The number of rotatable bonds is 6. The van der Waals surface area contributed by atoms with Crippen LogP contribution in [0.4, 0.5) is 20.3 Å². The number of anilines is 2. The van der Waals surface area contributed by atoms with Gasteiger partial charge in [-0.05, 0) is 23.9 Å². The zero-order valence-electron chi connectivity index (χ0n) is 22.2. The zero-order valence-corrected chi connectivity index (χ0v) is 23.0. The summed E-state index contributed by atoms with van der Waals surface area (Å²) in [6.07, 6.45) is 0.603. The highest BCUT2D eigenvalue weighted by Gasteiger charge is 2.35. The minimum absolute atomic E-state index is 0.0446. The fourth-order valence-electron chi connectivity index (χ4n) is 5.71. The first-order valence-electron chi connectivity index (χ1n) is 13.5. The number of piperazine rings is 1. The third-order valence-electron chi connectivity index (χ3n) is 7.89. The molecule has 1 amide bonds. The van der Waals surface area contributed by atoms with Crippen LogP contribution < -0.4 is 19.9 Å². The zero-order chi connectivity index (χ0) is 28.7. The lowest BCUT2D eigenvalue weighted by Gasteiger charge is -2.42. The normalized spacial score (nSPS) is 19.0. The SMILES string of the molecule is C=C(F)C(=O)N1CCN(c2nc(OC3CNC3)nc3c2CCN(c2cccc4ccc(F)c(Cl)c24)C3)C[C@@H]1CC#N. The highest BCUT2D eigenvalue weighted by Crippen LogP contribution is 2.38. The molecule has 2 fully saturated rings. The molecule has 9 nitrogen and oxygen atoms in total. The van der Waals surface area contributed by atoms with Gasteiger partial charge in [-0.25, -0.2) is 8.78 Å². The Morgan fingerprint density at radius 1 is 1.20 bits per heavy atom. The third kappa shape index (κ3) is 5.13. The van der Waals surface area contributed by atoms with Gasteiger partial charge in [0.2, 0.25) is 0 Å². The van der Waals surface area contributed by atoms with Crippen LogP contribution in [0.5, 0.6) is 6.01 Å². The fourth-order valence-corrected chi connectivity index (χ4v) is 5.98. The average Bonchev–Trinajstić information content (AvgIpc) is 2.95. The van der Waals surface area contributed by atoms with Gasteiger partial charge in [0.1, 0.15) is 17.7 Å². The van der Waals surface area contributed by atoms with Crippen LogP contribution in [0, 0.1) is 17.1 Å². The van der Waals surface area contributed by atoms with Crippen molar-refractivity contribution in [1.82, 2.24) is 20.2 Å². The number of carbonyl (C=O) groups is 1. The van der Waals surface area contributed by atoms with Crippen molar-refractivity contribution in [3.05, 3.63) is 64.8 Å². The van der Waals surface area contributed by atoms with E-state index in [1.54, 1.807) is 6.07 Å². The van der Waals surface area contributed by atoms with Gasteiger partial charge in [-0.15, -0.1) is 0 Å². The minimum atomic E-state index is -1.04. The topological polar surface area (TPSA) is 97.6 Å². The maximum atomic E-state index is 14.4. The molecule has 3 aromatic rings. The Balaban J connectivity index is 1.35. The van der Waals surface area contributed by atoms with E-state index in [1.807, 2.05) is 23.1 Å². The van der Waals surface area contributed by atoms with E-state index in [2.05, 4.69) is 22.9 Å². The molecule has 6 rings (SSSR count). The number of hydrogen-bond acceptors (Lipinski definition) is 8. The number of benzene rings is 2. The lowest BCUT2D eigenvalue weighted by atomic mass is 10.0. The van der Waals surface area contributed by atoms with Crippen molar-refractivity contribution >= 4 is 39.8 Å². The smallest absolute Gasteiger partial charge is 0.319 e. The quantitative estimate of drug-likeness (QED) is 0.441. The van der Waals surface area contributed by atoms with E-state index in [0.29, 0.717) is 56.9 Å². The summed E-state index contributed by atoms with van der Waals surface area (Å²) in [4.78, 5) is 27.5. The standard InChI is InChI=1S/C29H28ClF2N7O2/c1-17(31)28(40)39-12-11-38(15-19(39)7-9-33)27-21-8-10-37(16-23(21)35-29(36-27)41-20-13-34-14-20)24-4-2-3-18-5-6-22(32)26(30)25(18)24/h2-6,19-20,34H,1,7-8,10-16H2/t19-/m0/s1. The molecule has 1 aromatic heterocycles. The number of ether oxygens (including phenoxy) is 1. The Morgan fingerprint density at radius 3 is 2.76 bits per heavy atom. The van der Waals surface area contributed by atoms with Crippen LogP contribution >= 0.6 is 11.6 Å². The van der Waals surface area contributed by atoms with E-state index >= 15 is 0 Å². The van der Waals surface area contributed by atoms with Gasteiger partial charge < -0.3 is 24.8 Å². The van der Waals surface area contributed by atoms with Gasteiger partial charge in [0.25, 0.3) is 5.91 Å². The number of nitrogens with zero attached hydrogens (tertiary/aromatic N) is 6. The number of hydrogen-bond donors (Lipinski definition) is 1. The molecule has 3 aliphatic rings. The van der Waals surface area contributed by atoms with Gasteiger partial charge in [-0.1, -0.05) is 36.4 Å². The molecule has 0 saturated carbocycles. The van der Waals surface area contributed by atoms with Crippen molar-refractivity contribution in [2.75, 3.05) is 49.1 Å². The molecule has 3 aliphatic heterocycles. The second-order valence-corrected chi connectivity index (χ2v) is 10.8. The van der Waals surface area contributed by atoms with E-state index < -0.39 is 23.6 Å². The molecule has 1 N–H and O–H groups in total. The van der Waals surface area contributed by atoms with Gasteiger partial charge in [-0.2, -0.15) is 15.2 Å². The van der Waals surface area contributed by atoms with E-state index in [-0.39, 0.29) is 30.1 Å². The molecule has 4 heterocycles. The largest absolute Gasteiger partial charge is 0.457 e. The summed E-state index contributed by atoms with van der Waals surface area (Å²) in [7, 11) is 0. The first-order chi connectivity index (χ1) is 19.8. The Kier molecular flexibility index (Phi) is 7.36. The van der Waals surface area contributed by atoms with Crippen molar-refractivity contribution in [1.29, 1.82) is 5.26 Å². The number of aromatic nitrogens is 2. The molecule has 2 aromatic carbocycles. The van der Waals surface area contributed by atoms with E-state index in [0.717, 1.165) is 22.3 Å². The third-order valence-corrected chi connectivity index (χ3v) is 8.26. The maximum Gasteiger partial charge on any atom is 0.319 e. The fraction of sp³-hybridized carbons (Fsp3) is 0.379. The molecule has 1 atom stereocenters. The first kappa shape index (κ1) is 27.2. The van der Waals surface area contributed by atoms with Crippen LogP contribution in [-0.4, -0.2) is 72.2 Å². The van der Waals surface area contributed by atoms with Gasteiger partial charge in [0.15, 0.2) is 5.83 Å². The summed E-state index contributed by atoms with van der Waals surface area (Å²) in [5, 5.41) is 14.2. The van der Waals surface area contributed by atoms with Crippen LogP contribution in [-0.2, 0) is 17.8 Å². The molecule has 41 heavy (non-hydrogen) atoms. The number of nitriles is 1. The molecule has 2 saturated heterocycles. The Hall–Kier alpha value is -4.01. The van der Waals surface area contributed by atoms with Gasteiger partial charge in [-0.3, -0.25) is 4.79 Å². The molecule has 0 aliphatic carbocycles. The Labute approximate surface area is 241 Å². The van der Waals surface area contributed by atoms with Crippen LogP contribution in [0.25, 0.3) is 10.8 Å². The van der Waals surface area contributed by atoms with Crippen molar-refractivity contribution in [3.8, 4) is 12.1 Å². The monoisotopic (exact) mass is 579 g/mol. The summed E-state index contributed by atoms with van der Waals surface area (Å²) in [6, 6.07) is 10.7. The second kappa shape index (κ2) is 11.1. The molecular formula is C29H28ClF2N7O2. The van der Waals surface area contributed by atoms with Crippen LogP contribution in [0.15, 0.2) is 42.7 Å². The van der Waals surface area contributed by atoms with Crippen molar-refractivity contribution in [2.24, 2.45) is 0 Å². The molecule has 12 heteroatoms. The lowest BCUT2D eigenvalue weighted by molar-refractivity contribution is -0.131. The molecule has 0 radical (unpaired) electrons. The predicted octanol–water partition coefficient (Wildman–Crippen LogP) is 3.75. The van der Waals surface area contributed by atoms with E-state index in [4.69, 9.17) is 26.3 Å². The Morgan fingerprint density at radius 2 is 2.02 bits per heavy atom. The van der Waals surface area contributed by atoms with E-state index in [9.17, 15) is 18.8 Å². The lowest BCUT2D eigenvalue weighted by Crippen LogP contribution is -2.56. The Bertz CT molecular complexity index is 1570. The van der Waals surface area contributed by atoms with Crippen molar-refractivity contribution < 1.29 is 18.3 Å². The number of nitrogens with one attached hydrogen (secondary N) is 1. The average molecular weight is 580 g/mol. The number of fused-ring (bicyclic) bond motifs is 2.